The SMILES string of the molecule is CC(C)CC(CN)C(=O)c1ccsc1. The van der Waals surface area contributed by atoms with E-state index in [1.807, 2.05) is 16.8 Å². The summed E-state index contributed by atoms with van der Waals surface area (Å²) in [5.41, 5.74) is 6.42. The first-order valence-corrected chi connectivity index (χ1v) is 5.86. The van der Waals surface area contributed by atoms with Crippen LogP contribution in [0.1, 0.15) is 30.6 Å². The van der Waals surface area contributed by atoms with Gasteiger partial charge in [-0.3, -0.25) is 4.79 Å². The summed E-state index contributed by atoms with van der Waals surface area (Å²) >= 11 is 1.55. The van der Waals surface area contributed by atoms with E-state index in [4.69, 9.17) is 5.73 Å². The summed E-state index contributed by atoms with van der Waals surface area (Å²) < 4.78 is 0. The maximum atomic E-state index is 11.9. The van der Waals surface area contributed by atoms with E-state index >= 15 is 0 Å². The Morgan fingerprint density at radius 2 is 2.29 bits per heavy atom. The van der Waals surface area contributed by atoms with Crippen LogP contribution in [0.3, 0.4) is 0 Å². The molecular formula is C11H17NOS. The van der Waals surface area contributed by atoms with Crippen molar-refractivity contribution in [1.82, 2.24) is 0 Å². The predicted molar refractivity (Wildman–Crippen MR) is 60.6 cm³/mol. The largest absolute Gasteiger partial charge is 0.330 e. The van der Waals surface area contributed by atoms with Crippen LogP contribution >= 0.6 is 11.3 Å². The van der Waals surface area contributed by atoms with E-state index in [0.29, 0.717) is 12.5 Å². The highest BCUT2D eigenvalue weighted by molar-refractivity contribution is 7.08. The molecule has 3 heteroatoms. The Balaban J connectivity index is 2.66. The molecule has 14 heavy (non-hydrogen) atoms. The lowest BCUT2D eigenvalue weighted by molar-refractivity contribution is 0.0909. The van der Waals surface area contributed by atoms with Gasteiger partial charge in [0, 0.05) is 23.4 Å². The van der Waals surface area contributed by atoms with Gasteiger partial charge in [-0.1, -0.05) is 13.8 Å². The van der Waals surface area contributed by atoms with E-state index < -0.39 is 0 Å². The number of carbonyl (C=O) groups is 1. The number of hydrogen-bond donors (Lipinski definition) is 1. The maximum absolute atomic E-state index is 11.9. The molecule has 0 saturated carbocycles. The smallest absolute Gasteiger partial charge is 0.168 e. The van der Waals surface area contributed by atoms with E-state index in [0.717, 1.165) is 12.0 Å². The highest BCUT2D eigenvalue weighted by atomic mass is 32.1. The molecule has 2 N–H and O–H groups in total. The molecule has 1 rings (SSSR count). The number of rotatable bonds is 5. The third-order valence-corrected chi connectivity index (χ3v) is 2.90. The summed E-state index contributed by atoms with van der Waals surface area (Å²) in [5.74, 6) is 0.707. The second-order valence-corrected chi connectivity index (χ2v) is 4.72. The lowest BCUT2D eigenvalue weighted by Crippen LogP contribution is -2.25. The molecule has 1 aromatic rings. The lowest BCUT2D eigenvalue weighted by Gasteiger charge is -2.14. The zero-order chi connectivity index (χ0) is 10.6. The van der Waals surface area contributed by atoms with Gasteiger partial charge >= 0.3 is 0 Å². The predicted octanol–water partition coefficient (Wildman–Crippen LogP) is 2.55. The van der Waals surface area contributed by atoms with Crippen LogP contribution in [0.5, 0.6) is 0 Å². The van der Waals surface area contributed by atoms with Crippen molar-refractivity contribution in [2.24, 2.45) is 17.6 Å². The Hall–Kier alpha value is -0.670. The minimum Gasteiger partial charge on any atom is -0.330 e. The molecular weight excluding hydrogens is 194 g/mol. The van der Waals surface area contributed by atoms with Gasteiger partial charge in [-0.2, -0.15) is 11.3 Å². The summed E-state index contributed by atoms with van der Waals surface area (Å²) in [7, 11) is 0. The molecule has 0 radical (unpaired) electrons. The highest BCUT2D eigenvalue weighted by Gasteiger charge is 2.19. The number of ketones is 1. The number of nitrogens with two attached hydrogens (primary N) is 1. The van der Waals surface area contributed by atoms with E-state index in [-0.39, 0.29) is 11.7 Å². The minimum atomic E-state index is -0.00963. The van der Waals surface area contributed by atoms with Gasteiger partial charge in [0.25, 0.3) is 0 Å². The van der Waals surface area contributed by atoms with Gasteiger partial charge in [-0.05, 0) is 23.8 Å². The zero-order valence-corrected chi connectivity index (χ0v) is 9.51. The second-order valence-electron chi connectivity index (χ2n) is 3.94. The van der Waals surface area contributed by atoms with Crippen molar-refractivity contribution in [2.45, 2.75) is 20.3 Å². The van der Waals surface area contributed by atoms with Gasteiger partial charge < -0.3 is 5.73 Å². The van der Waals surface area contributed by atoms with Gasteiger partial charge in [-0.25, -0.2) is 0 Å². The first-order chi connectivity index (χ1) is 6.65. The van der Waals surface area contributed by atoms with Gasteiger partial charge in [0.1, 0.15) is 0 Å². The van der Waals surface area contributed by atoms with Gasteiger partial charge in [0.05, 0.1) is 0 Å². The highest BCUT2D eigenvalue weighted by Crippen LogP contribution is 2.18. The normalized spacial score (nSPS) is 13.1. The first kappa shape index (κ1) is 11.4. The van der Waals surface area contributed by atoms with Crippen LogP contribution in [-0.2, 0) is 0 Å². The summed E-state index contributed by atoms with van der Waals surface area (Å²) in [4.78, 5) is 11.9. The van der Waals surface area contributed by atoms with Crippen LogP contribution in [0.4, 0.5) is 0 Å². The summed E-state index contributed by atoms with van der Waals surface area (Å²) in [6.07, 6.45) is 0.880. The van der Waals surface area contributed by atoms with Crippen molar-refractivity contribution in [3.05, 3.63) is 22.4 Å². The van der Waals surface area contributed by atoms with Crippen molar-refractivity contribution in [1.29, 1.82) is 0 Å². The van der Waals surface area contributed by atoms with Crippen LogP contribution in [0.2, 0.25) is 0 Å². The fraction of sp³-hybridized carbons (Fsp3) is 0.545. The van der Waals surface area contributed by atoms with E-state index in [2.05, 4.69) is 13.8 Å². The molecule has 0 aliphatic rings. The van der Waals surface area contributed by atoms with Crippen molar-refractivity contribution >= 4 is 17.1 Å². The van der Waals surface area contributed by atoms with Gasteiger partial charge in [-0.15, -0.1) is 0 Å². The van der Waals surface area contributed by atoms with Crippen molar-refractivity contribution in [2.75, 3.05) is 6.54 Å². The fourth-order valence-corrected chi connectivity index (χ4v) is 2.16. The van der Waals surface area contributed by atoms with Gasteiger partial charge in [0.15, 0.2) is 5.78 Å². The summed E-state index contributed by atoms with van der Waals surface area (Å²) in [6.45, 7) is 4.68. The Kier molecular flexibility index (Phi) is 4.29. The van der Waals surface area contributed by atoms with Crippen LogP contribution in [-0.4, -0.2) is 12.3 Å². The molecule has 0 spiro atoms. The standard InChI is InChI=1S/C11H17NOS/c1-8(2)5-10(6-12)11(13)9-3-4-14-7-9/h3-4,7-8,10H,5-6,12H2,1-2H3. The average Bonchev–Trinajstić information content (AvgIpc) is 2.65. The number of thiophene rings is 1. The van der Waals surface area contributed by atoms with Crippen LogP contribution in [0.25, 0.3) is 0 Å². The molecule has 0 fully saturated rings. The molecule has 0 bridgehead atoms. The van der Waals surface area contributed by atoms with E-state index in [9.17, 15) is 4.79 Å². The quantitative estimate of drug-likeness (QED) is 0.761. The maximum Gasteiger partial charge on any atom is 0.168 e. The monoisotopic (exact) mass is 211 g/mol. The van der Waals surface area contributed by atoms with Crippen molar-refractivity contribution in [3.8, 4) is 0 Å². The summed E-state index contributed by atoms with van der Waals surface area (Å²) in [5, 5.41) is 3.82. The molecule has 0 amide bonds. The molecule has 1 atom stereocenters. The minimum absolute atomic E-state index is 0.00963. The average molecular weight is 211 g/mol. The Labute approximate surface area is 89.1 Å². The molecule has 0 saturated heterocycles. The van der Waals surface area contributed by atoms with Crippen LogP contribution < -0.4 is 5.73 Å². The Bertz CT molecular complexity index is 279. The third kappa shape index (κ3) is 2.93. The molecule has 1 heterocycles. The molecule has 0 aromatic carbocycles. The molecule has 1 unspecified atom stereocenters. The number of hydrogen-bond acceptors (Lipinski definition) is 3. The fourth-order valence-electron chi connectivity index (χ4n) is 1.52. The lowest BCUT2D eigenvalue weighted by atomic mass is 9.91. The van der Waals surface area contributed by atoms with E-state index in [1.165, 1.54) is 0 Å². The molecule has 1 aromatic heterocycles. The topological polar surface area (TPSA) is 43.1 Å². The van der Waals surface area contributed by atoms with Crippen molar-refractivity contribution < 1.29 is 4.79 Å². The number of carbonyl (C=O) groups excluding carboxylic acids is 1. The molecule has 2 nitrogen and oxygen atoms in total. The second kappa shape index (κ2) is 5.27. The van der Waals surface area contributed by atoms with Crippen LogP contribution in [0.15, 0.2) is 16.8 Å². The third-order valence-electron chi connectivity index (χ3n) is 2.22. The Morgan fingerprint density at radius 3 is 2.71 bits per heavy atom. The zero-order valence-electron chi connectivity index (χ0n) is 8.69. The Morgan fingerprint density at radius 1 is 1.57 bits per heavy atom. The van der Waals surface area contributed by atoms with Crippen molar-refractivity contribution in [3.63, 3.8) is 0 Å². The molecule has 0 aliphatic heterocycles. The van der Waals surface area contributed by atoms with E-state index in [1.54, 1.807) is 11.3 Å². The number of Topliss-reactive ketones (excluding diaryl/α,β-unsaturated/α-hetero) is 1. The van der Waals surface area contributed by atoms with Crippen LogP contribution in [0, 0.1) is 11.8 Å². The molecule has 78 valence electrons. The first-order valence-electron chi connectivity index (χ1n) is 4.91. The summed E-state index contributed by atoms with van der Waals surface area (Å²) in [6, 6.07) is 1.87. The molecule has 0 aliphatic carbocycles. The van der Waals surface area contributed by atoms with Gasteiger partial charge in [0.2, 0.25) is 0 Å².